The van der Waals surface area contributed by atoms with E-state index in [0.717, 1.165) is 58.3 Å². The van der Waals surface area contributed by atoms with E-state index in [1.807, 2.05) is 36.4 Å². The van der Waals surface area contributed by atoms with Gasteiger partial charge in [-0.25, -0.2) is 0 Å². The number of aliphatic carboxylic acids is 1. The van der Waals surface area contributed by atoms with Crippen LogP contribution in [0.25, 0.3) is 11.1 Å². The molecule has 1 amide bonds. The third kappa shape index (κ3) is 9.97. The molecule has 2 aliphatic heterocycles. The smallest absolute Gasteiger partial charge is 0.323 e. The van der Waals surface area contributed by atoms with Crippen molar-refractivity contribution in [3.63, 3.8) is 0 Å². The molecule has 0 aromatic heterocycles. The Hall–Kier alpha value is -3.68. The van der Waals surface area contributed by atoms with Gasteiger partial charge < -0.3 is 40.6 Å². The topological polar surface area (TPSA) is 156 Å². The predicted octanol–water partition coefficient (Wildman–Crippen LogP) is 5.68. The van der Waals surface area contributed by atoms with Gasteiger partial charge in [0.25, 0.3) is 0 Å². The maximum atomic E-state index is 11.7. The van der Waals surface area contributed by atoms with Gasteiger partial charge in [-0.3, -0.25) is 14.9 Å². The fraction of sp³-hybridized carbons (Fsp3) is 0.432. The Balaban J connectivity index is 1.29. The zero-order valence-corrected chi connectivity index (χ0v) is 30.3. The van der Waals surface area contributed by atoms with Crippen molar-refractivity contribution in [1.29, 1.82) is 5.41 Å². The molecule has 2 heterocycles. The van der Waals surface area contributed by atoms with E-state index in [1.165, 1.54) is 32.1 Å². The van der Waals surface area contributed by atoms with Crippen LogP contribution in [0.3, 0.4) is 0 Å². The van der Waals surface area contributed by atoms with Gasteiger partial charge in [-0.2, -0.15) is 0 Å². The highest BCUT2D eigenvalue weighted by molar-refractivity contribution is 9.10. The molecule has 2 atom stereocenters. The number of nitrogens with one attached hydrogen (secondary N) is 4. The first-order valence-electron chi connectivity index (χ1n) is 17.1. The van der Waals surface area contributed by atoms with Crippen LogP contribution < -0.4 is 25.4 Å². The SMILES string of the molecule is N=Cc1c(NCCCCN2CCCC2)cccc1-c1cccc(COc2cc(OCC3CNC(=O)C3)c(CNC(CO)C(=O)O)cc2Cl)c1Br. The molecule has 268 valence electrons. The van der Waals surface area contributed by atoms with Crippen molar-refractivity contribution < 1.29 is 29.3 Å². The Morgan fingerprint density at radius 2 is 1.88 bits per heavy atom. The summed E-state index contributed by atoms with van der Waals surface area (Å²) in [6.45, 7) is 4.85. The molecule has 0 aliphatic carbocycles. The van der Waals surface area contributed by atoms with Crippen molar-refractivity contribution in [1.82, 2.24) is 15.5 Å². The lowest BCUT2D eigenvalue weighted by Crippen LogP contribution is -2.39. The second-order valence-corrected chi connectivity index (χ2v) is 13.9. The van der Waals surface area contributed by atoms with Crippen molar-refractivity contribution in [3.05, 3.63) is 74.7 Å². The molecule has 11 nitrogen and oxygen atoms in total. The van der Waals surface area contributed by atoms with Gasteiger partial charge in [0, 0.05) is 71.1 Å². The van der Waals surface area contributed by atoms with Crippen LogP contribution in [0.4, 0.5) is 5.69 Å². The first kappa shape index (κ1) is 37.6. The van der Waals surface area contributed by atoms with E-state index in [4.69, 9.17) is 26.5 Å². The summed E-state index contributed by atoms with van der Waals surface area (Å²) in [6, 6.07) is 14.1. The molecule has 0 spiro atoms. The Morgan fingerprint density at radius 3 is 2.60 bits per heavy atom. The van der Waals surface area contributed by atoms with Gasteiger partial charge in [0.2, 0.25) is 5.91 Å². The van der Waals surface area contributed by atoms with Crippen LogP contribution >= 0.6 is 27.5 Å². The number of halogens is 2. The zero-order chi connectivity index (χ0) is 35.5. The summed E-state index contributed by atoms with van der Waals surface area (Å²) in [6.07, 6.45) is 6.57. The molecule has 0 bridgehead atoms. The number of amides is 1. The number of carbonyl (C=O) groups is 2. The number of anilines is 1. The van der Waals surface area contributed by atoms with Gasteiger partial charge in [0.05, 0.1) is 18.2 Å². The third-order valence-electron chi connectivity index (χ3n) is 9.09. The summed E-state index contributed by atoms with van der Waals surface area (Å²) < 4.78 is 13.2. The molecule has 3 aromatic carbocycles. The fourth-order valence-corrected chi connectivity index (χ4v) is 7.10. The molecule has 6 N–H and O–H groups in total. The minimum Gasteiger partial charge on any atom is -0.493 e. The van der Waals surface area contributed by atoms with Crippen LogP contribution in [0, 0.1) is 11.3 Å². The van der Waals surface area contributed by atoms with E-state index in [2.05, 4.69) is 36.8 Å². The van der Waals surface area contributed by atoms with Crippen LogP contribution in [-0.4, -0.2) is 85.2 Å². The number of carboxylic acids is 1. The minimum atomic E-state index is -1.18. The molecule has 50 heavy (non-hydrogen) atoms. The normalized spacial score (nSPS) is 16.6. The monoisotopic (exact) mass is 769 g/mol. The highest BCUT2D eigenvalue weighted by atomic mass is 79.9. The van der Waals surface area contributed by atoms with Gasteiger partial charge in [-0.1, -0.05) is 41.9 Å². The average molecular weight is 771 g/mol. The molecule has 3 aromatic rings. The van der Waals surface area contributed by atoms with E-state index in [0.29, 0.717) is 35.1 Å². The van der Waals surface area contributed by atoms with E-state index >= 15 is 0 Å². The number of likely N-dealkylation sites (tertiary alicyclic amines) is 1. The number of hydrogen-bond donors (Lipinski definition) is 6. The molecule has 13 heteroatoms. The van der Waals surface area contributed by atoms with E-state index in [1.54, 1.807) is 12.1 Å². The van der Waals surface area contributed by atoms with Gasteiger partial charge in [0.1, 0.15) is 24.1 Å². The van der Waals surface area contributed by atoms with Crippen molar-refractivity contribution in [2.75, 3.05) is 51.3 Å². The highest BCUT2D eigenvalue weighted by Crippen LogP contribution is 2.38. The zero-order valence-electron chi connectivity index (χ0n) is 28.0. The maximum absolute atomic E-state index is 11.7. The first-order chi connectivity index (χ1) is 24.3. The van der Waals surface area contributed by atoms with Gasteiger partial charge in [0.15, 0.2) is 0 Å². The summed E-state index contributed by atoms with van der Waals surface area (Å²) in [5.41, 5.74) is 5.03. The van der Waals surface area contributed by atoms with Crippen molar-refractivity contribution in [3.8, 4) is 22.6 Å². The Kier molecular flexibility index (Phi) is 13.9. The van der Waals surface area contributed by atoms with Crippen molar-refractivity contribution in [2.24, 2.45) is 5.92 Å². The summed E-state index contributed by atoms with van der Waals surface area (Å²) in [7, 11) is 0. The third-order valence-corrected chi connectivity index (χ3v) is 10.3. The molecule has 0 radical (unpaired) electrons. The lowest BCUT2D eigenvalue weighted by atomic mass is 9.97. The number of aliphatic hydroxyl groups excluding tert-OH is 1. The number of aliphatic hydroxyl groups is 1. The van der Waals surface area contributed by atoms with Crippen LogP contribution in [0.5, 0.6) is 11.5 Å². The van der Waals surface area contributed by atoms with Crippen molar-refractivity contribution in [2.45, 2.75) is 51.3 Å². The summed E-state index contributed by atoms with van der Waals surface area (Å²) in [5.74, 6) is -0.410. The number of nitrogens with zero attached hydrogens (tertiary/aromatic N) is 1. The van der Waals surface area contributed by atoms with Crippen LogP contribution in [0.2, 0.25) is 5.02 Å². The molecule has 2 unspecified atom stereocenters. The van der Waals surface area contributed by atoms with Gasteiger partial charge in [-0.15, -0.1) is 0 Å². The van der Waals surface area contributed by atoms with E-state index in [9.17, 15) is 19.8 Å². The van der Waals surface area contributed by atoms with Crippen LogP contribution in [-0.2, 0) is 22.7 Å². The van der Waals surface area contributed by atoms with Crippen LogP contribution in [0.1, 0.15) is 48.8 Å². The molecule has 2 aliphatic rings. The molecule has 5 rings (SSSR count). The average Bonchev–Trinajstić information content (AvgIpc) is 3.79. The predicted molar refractivity (Wildman–Crippen MR) is 199 cm³/mol. The van der Waals surface area contributed by atoms with Gasteiger partial charge in [-0.05, 0) is 84.5 Å². The molecule has 0 saturated carbocycles. The summed E-state index contributed by atoms with van der Waals surface area (Å²) in [4.78, 5) is 25.7. The Labute approximate surface area is 306 Å². The standard InChI is InChI=1S/C37H45BrClN5O6/c38-36-25(7-5-9-28(36)27-8-6-10-31(29(27)18-40)41-11-1-2-12-44-13-3-4-14-44)23-50-34-17-33(49-22-24-15-35(46)43-19-24)26(16-30(34)39)20-42-32(21-45)37(47)48/h5-10,16-18,24,32,40-42,45H,1-4,11-15,19-23H2,(H,43,46)(H,47,48). The maximum Gasteiger partial charge on any atom is 0.323 e. The van der Waals surface area contributed by atoms with Gasteiger partial charge >= 0.3 is 5.97 Å². The number of unbranched alkanes of at least 4 members (excludes halogenated alkanes) is 1. The number of benzene rings is 3. The Morgan fingerprint density at radius 1 is 1.10 bits per heavy atom. The largest absolute Gasteiger partial charge is 0.493 e. The van der Waals surface area contributed by atoms with E-state index < -0.39 is 18.6 Å². The quantitative estimate of drug-likeness (QED) is 0.0667. The summed E-state index contributed by atoms with van der Waals surface area (Å²) in [5, 5.41) is 36.5. The molecular formula is C37H45BrClN5O6. The Bertz CT molecular complexity index is 1650. The fourth-order valence-electron chi connectivity index (χ4n) is 6.27. The second-order valence-electron chi connectivity index (χ2n) is 12.7. The van der Waals surface area contributed by atoms with Crippen molar-refractivity contribution >= 4 is 51.3 Å². The number of rotatable bonds is 19. The summed E-state index contributed by atoms with van der Waals surface area (Å²) >= 11 is 10.5. The number of carboxylic acid groups (broad SMARTS) is 1. The minimum absolute atomic E-state index is 0.00870. The molecule has 2 saturated heterocycles. The number of ether oxygens (including phenoxy) is 2. The lowest BCUT2D eigenvalue weighted by Gasteiger charge is -2.19. The second kappa shape index (κ2) is 18.5. The van der Waals surface area contributed by atoms with E-state index in [-0.39, 0.29) is 31.6 Å². The number of hydrogen-bond acceptors (Lipinski definition) is 9. The molecule has 2 fully saturated rings. The highest BCUT2D eigenvalue weighted by Gasteiger charge is 2.24. The number of carbonyl (C=O) groups excluding carboxylic acids is 1. The first-order valence-corrected chi connectivity index (χ1v) is 18.2. The lowest BCUT2D eigenvalue weighted by molar-refractivity contribution is -0.140. The molecular weight excluding hydrogens is 726 g/mol. The van der Waals surface area contributed by atoms with Crippen LogP contribution in [0.15, 0.2) is 53.0 Å².